The molecule has 2 heterocycles. The van der Waals surface area contributed by atoms with Gasteiger partial charge in [-0.15, -0.1) is 0 Å². The number of ketones is 1. The zero-order valence-corrected chi connectivity index (χ0v) is 21.2. The first-order valence-corrected chi connectivity index (χ1v) is 12.9. The summed E-state index contributed by atoms with van der Waals surface area (Å²) < 4.78 is 13.1. The summed E-state index contributed by atoms with van der Waals surface area (Å²) in [6.07, 6.45) is 4.51. The van der Waals surface area contributed by atoms with Crippen LogP contribution in [-0.4, -0.2) is 27.8 Å². The highest BCUT2D eigenvalue weighted by Crippen LogP contribution is 2.47. The Bertz CT molecular complexity index is 1620. The van der Waals surface area contributed by atoms with Gasteiger partial charge in [0, 0.05) is 12.0 Å². The van der Waals surface area contributed by atoms with Gasteiger partial charge >= 0.3 is 0 Å². The van der Waals surface area contributed by atoms with Crippen LogP contribution in [0.25, 0.3) is 6.08 Å². The monoisotopic (exact) mass is 537 g/mol. The van der Waals surface area contributed by atoms with E-state index < -0.39 is 17.1 Å². The normalized spacial score (nSPS) is 16.9. The molecule has 2 amide bonds. The van der Waals surface area contributed by atoms with Gasteiger partial charge in [-0.3, -0.25) is 14.4 Å². The summed E-state index contributed by atoms with van der Waals surface area (Å²) >= 11 is 0.997. The van der Waals surface area contributed by atoms with Crippen LogP contribution in [-0.2, 0) is 9.59 Å². The molecule has 192 valence electrons. The molecule has 0 spiro atoms. The molecular weight excluding hydrogens is 517 g/mol. The number of hydrogen-bond acceptors (Lipinski definition) is 8. The second-order valence-corrected chi connectivity index (χ2v) is 10.3. The van der Waals surface area contributed by atoms with Gasteiger partial charge < -0.3 is 5.73 Å². The highest BCUT2D eigenvalue weighted by atomic mass is 32.2. The number of imide groups is 1. The van der Waals surface area contributed by atoms with Crippen LogP contribution < -0.4 is 10.6 Å². The molecule has 1 saturated heterocycles. The third-order valence-electron chi connectivity index (χ3n) is 6.51. The number of anilines is 2. The molecule has 3 aromatic rings. The van der Waals surface area contributed by atoms with Crippen molar-refractivity contribution >= 4 is 46.9 Å². The number of thioether (sulfide) groups is 1. The lowest BCUT2D eigenvalue weighted by atomic mass is 10.0. The molecule has 0 bridgehead atoms. The topological polar surface area (TPSA) is 141 Å². The number of nitrogens with two attached hydrogens (primary N) is 1. The number of halogens is 1. The van der Waals surface area contributed by atoms with E-state index in [9.17, 15) is 29.3 Å². The number of pyridine rings is 1. The Morgan fingerprint density at radius 1 is 1.05 bits per heavy atom. The predicted octanol–water partition coefficient (Wildman–Crippen LogP) is 4.74. The number of benzene rings is 2. The minimum Gasteiger partial charge on any atom is -0.383 e. The summed E-state index contributed by atoms with van der Waals surface area (Å²) in [7, 11) is 0. The van der Waals surface area contributed by atoms with E-state index in [1.54, 1.807) is 18.2 Å². The van der Waals surface area contributed by atoms with Gasteiger partial charge in [0.1, 0.15) is 28.8 Å². The van der Waals surface area contributed by atoms with Crippen LogP contribution in [0.1, 0.15) is 57.8 Å². The second kappa shape index (κ2) is 10.5. The van der Waals surface area contributed by atoms with E-state index >= 15 is 0 Å². The van der Waals surface area contributed by atoms with Crippen LogP contribution in [0.5, 0.6) is 0 Å². The minimum atomic E-state index is -0.823. The standard InChI is InChI=1S/C29H20FN5O3S/c30-19-8-1-16(2-9-19)3-12-23(36)17-6-10-20(11-7-17)35-25(37)13-24(29(35)38)39-28-22(15-32)26(18-4-5-18)21(14-31)27(33)34-28/h1-3,6-12,18,24H,4-5,13H2,(H2,33,34)/b12-3+/t24-/m1/s1. The SMILES string of the molecule is N#Cc1c(N)nc(S[C@@H]2CC(=O)N(c3ccc(C(=O)/C=C/c4ccc(F)cc4)cc3)C2=O)c(C#N)c1C1CC1. The Morgan fingerprint density at radius 2 is 1.72 bits per heavy atom. The van der Waals surface area contributed by atoms with Crippen LogP contribution in [0, 0.1) is 28.5 Å². The number of amides is 2. The van der Waals surface area contributed by atoms with Gasteiger partial charge in [-0.1, -0.05) is 30.0 Å². The van der Waals surface area contributed by atoms with E-state index in [0.29, 0.717) is 22.4 Å². The van der Waals surface area contributed by atoms with E-state index in [4.69, 9.17) is 5.73 Å². The summed E-state index contributed by atoms with van der Waals surface area (Å²) in [5.74, 6) is -1.49. The Hall–Kier alpha value is -4.80. The number of carbonyl (C=O) groups excluding carboxylic acids is 3. The van der Waals surface area contributed by atoms with Gasteiger partial charge in [-0.05, 0) is 72.4 Å². The molecule has 0 unspecified atom stereocenters. The van der Waals surface area contributed by atoms with Crippen LogP contribution in [0.15, 0.2) is 59.6 Å². The molecule has 1 atom stereocenters. The van der Waals surface area contributed by atoms with Crippen LogP contribution in [0.2, 0.25) is 0 Å². The summed E-state index contributed by atoms with van der Waals surface area (Å²) in [5.41, 5.74) is 8.33. The Labute approximate surface area is 227 Å². The molecule has 5 rings (SSSR count). The van der Waals surface area contributed by atoms with Crippen molar-refractivity contribution in [2.45, 2.75) is 35.5 Å². The Kier molecular flexibility index (Phi) is 6.97. The van der Waals surface area contributed by atoms with Crippen molar-refractivity contribution in [3.63, 3.8) is 0 Å². The third-order valence-corrected chi connectivity index (χ3v) is 7.68. The molecule has 2 aromatic carbocycles. The van der Waals surface area contributed by atoms with E-state index in [-0.39, 0.29) is 45.9 Å². The number of hydrogen-bond donors (Lipinski definition) is 1. The van der Waals surface area contributed by atoms with Crippen molar-refractivity contribution in [3.8, 4) is 12.1 Å². The minimum absolute atomic E-state index is 0.00302. The van der Waals surface area contributed by atoms with Crippen molar-refractivity contribution in [1.29, 1.82) is 10.5 Å². The first kappa shape index (κ1) is 25.8. The molecule has 1 aromatic heterocycles. The van der Waals surface area contributed by atoms with Crippen molar-refractivity contribution < 1.29 is 18.8 Å². The molecule has 2 fully saturated rings. The molecule has 1 saturated carbocycles. The third kappa shape index (κ3) is 5.15. The molecule has 39 heavy (non-hydrogen) atoms. The van der Waals surface area contributed by atoms with E-state index in [0.717, 1.165) is 29.5 Å². The van der Waals surface area contributed by atoms with E-state index in [1.807, 2.05) is 6.07 Å². The van der Waals surface area contributed by atoms with Gasteiger partial charge in [-0.25, -0.2) is 14.3 Å². The number of allylic oxidation sites excluding steroid dienone is 1. The van der Waals surface area contributed by atoms with Gasteiger partial charge in [0.15, 0.2) is 5.78 Å². The Morgan fingerprint density at radius 3 is 2.33 bits per heavy atom. The quantitative estimate of drug-likeness (QED) is 0.259. The van der Waals surface area contributed by atoms with E-state index in [1.165, 1.54) is 42.5 Å². The highest BCUT2D eigenvalue weighted by molar-refractivity contribution is 8.00. The summed E-state index contributed by atoms with van der Waals surface area (Å²) in [5, 5.41) is 18.8. The zero-order chi connectivity index (χ0) is 27.7. The van der Waals surface area contributed by atoms with Gasteiger partial charge in [0.2, 0.25) is 11.8 Å². The van der Waals surface area contributed by atoms with Crippen LogP contribution in [0.4, 0.5) is 15.9 Å². The van der Waals surface area contributed by atoms with E-state index in [2.05, 4.69) is 11.1 Å². The summed E-state index contributed by atoms with van der Waals surface area (Å²) in [6, 6.07) is 15.9. The number of nitrogens with zero attached hydrogens (tertiary/aromatic N) is 4. The first-order valence-electron chi connectivity index (χ1n) is 12.1. The fourth-order valence-corrected chi connectivity index (χ4v) is 5.54. The Balaban J connectivity index is 1.33. The fraction of sp³-hybridized carbons (Fsp3) is 0.172. The van der Waals surface area contributed by atoms with Crippen LogP contribution in [0.3, 0.4) is 0 Å². The lowest BCUT2D eigenvalue weighted by molar-refractivity contribution is -0.121. The maximum atomic E-state index is 13.2. The molecule has 2 aliphatic rings. The molecule has 2 N–H and O–H groups in total. The van der Waals surface area contributed by atoms with Gasteiger partial charge in [-0.2, -0.15) is 10.5 Å². The number of nitriles is 2. The maximum Gasteiger partial charge on any atom is 0.247 e. The lowest BCUT2D eigenvalue weighted by Crippen LogP contribution is -2.31. The molecule has 1 aliphatic carbocycles. The van der Waals surface area contributed by atoms with Crippen molar-refractivity contribution in [2.75, 3.05) is 10.6 Å². The number of rotatable bonds is 7. The predicted molar refractivity (Wildman–Crippen MR) is 143 cm³/mol. The fourth-order valence-electron chi connectivity index (χ4n) is 4.41. The highest BCUT2D eigenvalue weighted by Gasteiger charge is 2.42. The van der Waals surface area contributed by atoms with Crippen molar-refractivity contribution in [2.24, 2.45) is 0 Å². The zero-order valence-electron chi connectivity index (χ0n) is 20.4. The molecular formula is C29H20FN5O3S. The number of aromatic nitrogens is 1. The molecule has 0 radical (unpaired) electrons. The number of nitrogen functional groups attached to an aromatic ring is 1. The summed E-state index contributed by atoms with van der Waals surface area (Å²) in [6.45, 7) is 0. The average Bonchev–Trinajstić information content (AvgIpc) is 3.73. The van der Waals surface area contributed by atoms with Crippen molar-refractivity contribution in [1.82, 2.24) is 4.98 Å². The van der Waals surface area contributed by atoms with Crippen LogP contribution >= 0.6 is 11.8 Å². The number of carbonyl (C=O) groups is 3. The lowest BCUT2D eigenvalue weighted by Gasteiger charge is -2.16. The molecule has 1 aliphatic heterocycles. The van der Waals surface area contributed by atoms with Gasteiger partial charge in [0.25, 0.3) is 0 Å². The summed E-state index contributed by atoms with van der Waals surface area (Å²) in [4.78, 5) is 43.9. The van der Waals surface area contributed by atoms with Crippen molar-refractivity contribution in [3.05, 3.63) is 88.2 Å². The average molecular weight is 538 g/mol. The second-order valence-electron chi connectivity index (χ2n) is 9.14. The maximum absolute atomic E-state index is 13.2. The molecule has 8 nitrogen and oxygen atoms in total. The first-order chi connectivity index (χ1) is 18.8. The smallest absolute Gasteiger partial charge is 0.247 e. The largest absolute Gasteiger partial charge is 0.383 e. The van der Waals surface area contributed by atoms with Gasteiger partial charge in [0.05, 0.1) is 22.1 Å². The molecule has 10 heteroatoms.